The molecule has 7 heteroatoms. The molecule has 1 amide bonds. The molecule has 4 rings (SSSR count). The molecule has 2 aromatic carbocycles. The van der Waals surface area contributed by atoms with E-state index in [2.05, 4.69) is 10.4 Å². The summed E-state index contributed by atoms with van der Waals surface area (Å²) in [5.41, 5.74) is 2.72. The number of benzene rings is 2. The van der Waals surface area contributed by atoms with Gasteiger partial charge in [-0.1, -0.05) is 12.1 Å². The normalized spacial score (nSPS) is 15.4. The summed E-state index contributed by atoms with van der Waals surface area (Å²) >= 11 is 0. The fourth-order valence-corrected chi connectivity index (χ4v) is 3.66. The minimum atomic E-state index is -0.599. The van der Waals surface area contributed by atoms with E-state index >= 15 is 0 Å². The number of hydrogen-bond donors (Lipinski definition) is 1. The van der Waals surface area contributed by atoms with Crippen molar-refractivity contribution in [2.24, 2.45) is 0 Å². The number of anilines is 1. The molecule has 29 heavy (non-hydrogen) atoms. The number of amides is 1. The maximum absolute atomic E-state index is 13.3. The van der Waals surface area contributed by atoms with Crippen LogP contribution < -0.4 is 14.8 Å². The van der Waals surface area contributed by atoms with Gasteiger partial charge in [0, 0.05) is 17.5 Å². The van der Waals surface area contributed by atoms with Crippen LogP contribution in [0.1, 0.15) is 34.0 Å². The summed E-state index contributed by atoms with van der Waals surface area (Å²) in [6.07, 6.45) is 0.0815. The number of rotatable bonds is 5. The number of Topliss-reactive ketones (excluding diaryl/α,β-unsaturated/α-hetero) is 1. The molecule has 148 valence electrons. The Hall–Kier alpha value is -3.61. The molecule has 1 aliphatic rings. The van der Waals surface area contributed by atoms with E-state index in [4.69, 9.17) is 9.47 Å². The van der Waals surface area contributed by atoms with Gasteiger partial charge >= 0.3 is 0 Å². The molecule has 7 nitrogen and oxygen atoms in total. The molecule has 1 atom stereocenters. The standard InChI is InChI=1S/C22H21N3O4/c1-13-20-18(21(27)14-5-4-6-17(11-14)29-3)12-19(26)23-22(20)25(24-13)15-7-9-16(28-2)10-8-15/h4-11,18H,12H2,1-3H3,(H,23,26). The molecular weight excluding hydrogens is 370 g/mol. The highest BCUT2D eigenvalue weighted by atomic mass is 16.5. The smallest absolute Gasteiger partial charge is 0.226 e. The van der Waals surface area contributed by atoms with Crippen LogP contribution in [-0.4, -0.2) is 35.7 Å². The Bertz CT molecular complexity index is 1090. The first-order valence-electron chi connectivity index (χ1n) is 9.24. The number of aromatic nitrogens is 2. The second kappa shape index (κ2) is 7.43. The number of fused-ring (bicyclic) bond motifs is 1. The first-order valence-corrected chi connectivity index (χ1v) is 9.24. The fraction of sp³-hybridized carbons (Fsp3) is 0.227. The van der Waals surface area contributed by atoms with E-state index in [1.54, 1.807) is 43.2 Å². The van der Waals surface area contributed by atoms with E-state index in [9.17, 15) is 9.59 Å². The van der Waals surface area contributed by atoms with Gasteiger partial charge in [-0.05, 0) is 43.3 Å². The van der Waals surface area contributed by atoms with Gasteiger partial charge in [-0.3, -0.25) is 9.59 Å². The molecule has 1 aromatic heterocycles. The van der Waals surface area contributed by atoms with Gasteiger partial charge in [0.25, 0.3) is 0 Å². The summed E-state index contributed by atoms with van der Waals surface area (Å²) in [5.74, 6) is 0.914. The molecule has 1 unspecified atom stereocenters. The number of aryl methyl sites for hydroxylation is 1. The van der Waals surface area contributed by atoms with Crippen molar-refractivity contribution in [2.45, 2.75) is 19.3 Å². The molecule has 0 saturated carbocycles. The van der Waals surface area contributed by atoms with E-state index in [1.165, 1.54) is 0 Å². The van der Waals surface area contributed by atoms with Crippen molar-refractivity contribution in [3.63, 3.8) is 0 Å². The third-order valence-electron chi connectivity index (χ3n) is 5.09. The number of ether oxygens (including phenoxy) is 2. The van der Waals surface area contributed by atoms with E-state index in [0.29, 0.717) is 22.8 Å². The predicted octanol–water partition coefficient (Wildman–Crippen LogP) is 3.51. The van der Waals surface area contributed by atoms with Crippen molar-refractivity contribution in [3.05, 3.63) is 65.4 Å². The number of hydrogen-bond acceptors (Lipinski definition) is 5. The molecule has 0 bridgehead atoms. The third-order valence-corrected chi connectivity index (χ3v) is 5.09. The van der Waals surface area contributed by atoms with Crippen molar-refractivity contribution in [2.75, 3.05) is 19.5 Å². The number of nitrogens with zero attached hydrogens (tertiary/aromatic N) is 2. The molecular formula is C22H21N3O4. The molecule has 1 aliphatic heterocycles. The van der Waals surface area contributed by atoms with Crippen LogP contribution in [-0.2, 0) is 4.79 Å². The Morgan fingerprint density at radius 1 is 1.10 bits per heavy atom. The maximum atomic E-state index is 13.3. The van der Waals surface area contributed by atoms with E-state index in [1.807, 2.05) is 31.2 Å². The Morgan fingerprint density at radius 3 is 2.52 bits per heavy atom. The first kappa shape index (κ1) is 18.7. The van der Waals surface area contributed by atoms with Gasteiger partial charge in [0.2, 0.25) is 5.91 Å². The van der Waals surface area contributed by atoms with Crippen LogP contribution in [0.15, 0.2) is 48.5 Å². The maximum Gasteiger partial charge on any atom is 0.226 e. The lowest BCUT2D eigenvalue weighted by Gasteiger charge is -2.23. The zero-order chi connectivity index (χ0) is 20.5. The topological polar surface area (TPSA) is 82.5 Å². The van der Waals surface area contributed by atoms with Gasteiger partial charge < -0.3 is 14.8 Å². The van der Waals surface area contributed by atoms with Crippen LogP contribution in [0.5, 0.6) is 11.5 Å². The Morgan fingerprint density at radius 2 is 1.83 bits per heavy atom. The second-order valence-corrected chi connectivity index (χ2v) is 6.86. The van der Waals surface area contributed by atoms with Gasteiger partial charge in [-0.15, -0.1) is 0 Å². The average Bonchev–Trinajstić information content (AvgIpc) is 3.08. The number of ketones is 1. The molecule has 0 aliphatic carbocycles. The van der Waals surface area contributed by atoms with E-state index < -0.39 is 5.92 Å². The van der Waals surface area contributed by atoms with Gasteiger partial charge in [-0.25, -0.2) is 4.68 Å². The van der Waals surface area contributed by atoms with Crippen molar-refractivity contribution in [3.8, 4) is 17.2 Å². The fourth-order valence-electron chi connectivity index (χ4n) is 3.66. The Kier molecular flexibility index (Phi) is 4.80. The molecule has 0 spiro atoms. The highest BCUT2D eigenvalue weighted by Crippen LogP contribution is 2.38. The summed E-state index contributed by atoms with van der Waals surface area (Å²) in [7, 11) is 3.16. The first-order chi connectivity index (χ1) is 14.0. The molecule has 3 aromatic rings. The summed E-state index contributed by atoms with van der Waals surface area (Å²) in [4.78, 5) is 25.7. The lowest BCUT2D eigenvalue weighted by molar-refractivity contribution is -0.116. The summed E-state index contributed by atoms with van der Waals surface area (Å²) in [6.45, 7) is 1.85. The number of carbonyl (C=O) groups excluding carboxylic acids is 2. The highest BCUT2D eigenvalue weighted by molar-refractivity contribution is 6.08. The quantitative estimate of drug-likeness (QED) is 0.673. The summed E-state index contributed by atoms with van der Waals surface area (Å²) in [5, 5.41) is 7.49. The second-order valence-electron chi connectivity index (χ2n) is 6.86. The van der Waals surface area contributed by atoms with Gasteiger partial charge in [0.05, 0.1) is 31.5 Å². The molecule has 0 fully saturated rings. The van der Waals surface area contributed by atoms with Gasteiger partial charge in [-0.2, -0.15) is 5.10 Å². The minimum Gasteiger partial charge on any atom is -0.497 e. The average molecular weight is 391 g/mol. The van der Waals surface area contributed by atoms with Crippen molar-refractivity contribution < 1.29 is 19.1 Å². The van der Waals surface area contributed by atoms with E-state index in [0.717, 1.165) is 17.0 Å². The Balaban J connectivity index is 1.78. The van der Waals surface area contributed by atoms with Crippen LogP contribution in [0, 0.1) is 6.92 Å². The molecule has 2 heterocycles. The van der Waals surface area contributed by atoms with Crippen LogP contribution in [0.3, 0.4) is 0 Å². The van der Waals surface area contributed by atoms with Crippen LogP contribution in [0.4, 0.5) is 5.82 Å². The number of carbonyl (C=O) groups is 2. The van der Waals surface area contributed by atoms with Gasteiger partial charge in [0.1, 0.15) is 17.3 Å². The molecule has 0 saturated heterocycles. The zero-order valence-electron chi connectivity index (χ0n) is 16.4. The number of nitrogens with one attached hydrogen (secondary N) is 1. The summed E-state index contributed by atoms with van der Waals surface area (Å²) < 4.78 is 12.1. The van der Waals surface area contributed by atoms with Crippen molar-refractivity contribution >= 4 is 17.5 Å². The van der Waals surface area contributed by atoms with Crippen LogP contribution in [0.2, 0.25) is 0 Å². The van der Waals surface area contributed by atoms with Gasteiger partial charge in [0.15, 0.2) is 5.78 Å². The minimum absolute atomic E-state index is 0.0815. The highest BCUT2D eigenvalue weighted by Gasteiger charge is 2.36. The SMILES string of the molecule is COc1ccc(-n2nc(C)c3c2NC(=O)CC3C(=O)c2cccc(OC)c2)cc1. The predicted molar refractivity (Wildman–Crippen MR) is 108 cm³/mol. The third kappa shape index (κ3) is 3.35. The molecule has 1 N–H and O–H groups in total. The monoisotopic (exact) mass is 391 g/mol. The van der Waals surface area contributed by atoms with E-state index in [-0.39, 0.29) is 18.1 Å². The lowest BCUT2D eigenvalue weighted by atomic mass is 9.85. The van der Waals surface area contributed by atoms with Crippen LogP contribution in [0.25, 0.3) is 5.69 Å². The van der Waals surface area contributed by atoms with Crippen LogP contribution >= 0.6 is 0 Å². The lowest BCUT2D eigenvalue weighted by Crippen LogP contribution is -2.28. The van der Waals surface area contributed by atoms with Crippen molar-refractivity contribution in [1.29, 1.82) is 0 Å². The molecule has 0 radical (unpaired) electrons. The largest absolute Gasteiger partial charge is 0.497 e. The number of methoxy groups -OCH3 is 2. The van der Waals surface area contributed by atoms with Crippen molar-refractivity contribution in [1.82, 2.24) is 9.78 Å². The zero-order valence-corrected chi connectivity index (χ0v) is 16.4. The summed E-state index contributed by atoms with van der Waals surface area (Å²) in [6, 6.07) is 14.3. The Labute approximate surface area is 168 Å².